The summed E-state index contributed by atoms with van der Waals surface area (Å²) in [6, 6.07) is 0. The fourth-order valence-corrected chi connectivity index (χ4v) is 9.03. The molecule has 3 rings (SSSR count). The molecule has 0 saturated carbocycles. The van der Waals surface area contributed by atoms with Crippen molar-refractivity contribution in [3.63, 3.8) is 0 Å². The molecule has 11 heteroatoms. The van der Waals surface area contributed by atoms with Crippen LogP contribution in [0.5, 0.6) is 0 Å². The van der Waals surface area contributed by atoms with Gasteiger partial charge in [-0.25, -0.2) is 0 Å². The average Bonchev–Trinajstić information content (AvgIpc) is 3.06. The number of hydrogen-bond donors (Lipinski definition) is 3. The molecule has 0 aromatic rings. The monoisotopic (exact) mass is 740 g/mol. The van der Waals surface area contributed by atoms with E-state index in [1.807, 2.05) is 20.8 Å². The maximum absolute atomic E-state index is 14.3. The first-order valence-electron chi connectivity index (χ1n) is 19.7. The number of cyclic esters (lactones) is 1. The molecule has 0 radical (unpaired) electrons. The normalized spacial score (nSPS) is 47.7. The van der Waals surface area contributed by atoms with Crippen molar-refractivity contribution in [1.29, 1.82) is 0 Å². The van der Waals surface area contributed by atoms with Crippen LogP contribution in [0, 0.1) is 46.8 Å². The van der Waals surface area contributed by atoms with Crippen LogP contribution in [0.1, 0.15) is 123 Å². The predicted molar refractivity (Wildman–Crippen MR) is 201 cm³/mol. The first-order valence-corrected chi connectivity index (χ1v) is 19.7. The summed E-state index contributed by atoms with van der Waals surface area (Å²) in [5.41, 5.74) is -2.78. The molecular weight excluding hydrogens is 666 g/mol. The van der Waals surface area contributed by atoms with Crippen LogP contribution in [0.2, 0.25) is 0 Å². The van der Waals surface area contributed by atoms with Crippen molar-refractivity contribution in [2.45, 2.75) is 183 Å². The van der Waals surface area contributed by atoms with E-state index in [0.29, 0.717) is 18.8 Å². The Morgan fingerprint density at radius 1 is 0.942 bits per heavy atom. The highest BCUT2D eigenvalue weighted by Gasteiger charge is 2.53. The molecular formula is C41H73NO10. The zero-order valence-corrected chi connectivity index (χ0v) is 34.6. The van der Waals surface area contributed by atoms with E-state index >= 15 is 0 Å². The van der Waals surface area contributed by atoms with E-state index in [1.54, 1.807) is 26.8 Å². The van der Waals surface area contributed by atoms with Crippen molar-refractivity contribution >= 4 is 11.7 Å². The van der Waals surface area contributed by atoms with Gasteiger partial charge in [-0.15, -0.1) is 6.58 Å². The molecule has 17 atom stereocenters. The Hall–Kier alpha value is -1.60. The van der Waals surface area contributed by atoms with Crippen LogP contribution < -0.4 is 0 Å². The lowest BCUT2D eigenvalue weighted by molar-refractivity contribution is -0.304. The van der Waals surface area contributed by atoms with E-state index < -0.39 is 77.8 Å². The molecule has 0 amide bonds. The van der Waals surface area contributed by atoms with Crippen LogP contribution in [0.25, 0.3) is 0 Å². The van der Waals surface area contributed by atoms with Gasteiger partial charge < -0.3 is 43.8 Å². The third-order valence-corrected chi connectivity index (χ3v) is 13.1. The van der Waals surface area contributed by atoms with E-state index in [1.165, 1.54) is 6.92 Å². The first kappa shape index (κ1) is 44.8. The summed E-state index contributed by atoms with van der Waals surface area (Å²) in [6.45, 7) is 31.7. The second-order valence-corrected chi connectivity index (χ2v) is 17.8. The van der Waals surface area contributed by atoms with Crippen LogP contribution in [-0.2, 0) is 33.2 Å². The summed E-state index contributed by atoms with van der Waals surface area (Å²) in [5.74, 6) is -2.52. The molecule has 3 heterocycles. The van der Waals surface area contributed by atoms with Gasteiger partial charge in [0, 0.05) is 30.1 Å². The molecule has 3 aliphatic heterocycles. The largest absolute Gasteiger partial charge is 0.459 e. The number of hydrogen-bond acceptors (Lipinski definition) is 11. The van der Waals surface area contributed by atoms with Gasteiger partial charge in [0.2, 0.25) is 0 Å². The van der Waals surface area contributed by atoms with Crippen molar-refractivity contribution in [3.05, 3.63) is 12.7 Å². The Labute approximate surface area is 314 Å². The predicted octanol–water partition coefficient (Wildman–Crippen LogP) is 7.13. The Balaban J connectivity index is 2.27. The third kappa shape index (κ3) is 9.79. The number of esters is 1. The van der Waals surface area contributed by atoms with E-state index in [2.05, 4.69) is 60.2 Å². The second kappa shape index (κ2) is 17.9. The van der Waals surface area contributed by atoms with Crippen molar-refractivity contribution in [3.8, 4) is 0 Å². The molecule has 11 nitrogen and oxygen atoms in total. The number of rotatable bonds is 8. The highest BCUT2D eigenvalue weighted by atomic mass is 16.7. The number of carbonyl (C=O) groups is 1. The number of nitrogens with zero attached hydrogens (tertiary/aromatic N) is 1. The molecule has 0 bridgehead atoms. The summed E-state index contributed by atoms with van der Waals surface area (Å²) in [4.78, 5) is 14.3. The zero-order chi connectivity index (χ0) is 39.5. The summed E-state index contributed by atoms with van der Waals surface area (Å²) in [5, 5.41) is 37.6. The minimum Gasteiger partial charge on any atom is -0.459 e. The van der Waals surface area contributed by atoms with Crippen LogP contribution in [-0.4, -0.2) is 94.1 Å². The lowest BCUT2D eigenvalue weighted by atomic mass is 9.72. The molecule has 0 aromatic heterocycles. The van der Waals surface area contributed by atoms with Gasteiger partial charge in [0.05, 0.1) is 54.4 Å². The number of ether oxygens (including phenoxy) is 6. The molecule has 0 spiro atoms. The lowest BCUT2D eigenvalue weighted by Crippen LogP contribution is -2.59. The fraction of sp³-hybridized carbons (Fsp3) is 0.902. The van der Waals surface area contributed by atoms with Crippen molar-refractivity contribution in [1.82, 2.24) is 0 Å². The van der Waals surface area contributed by atoms with Gasteiger partial charge in [-0.1, -0.05) is 73.5 Å². The molecule has 3 N–H and O–H groups in total. The lowest BCUT2D eigenvalue weighted by Gasteiger charge is -2.50. The van der Waals surface area contributed by atoms with Gasteiger partial charge in [0.15, 0.2) is 12.6 Å². The van der Waals surface area contributed by atoms with Gasteiger partial charge in [-0.3, -0.25) is 4.79 Å². The van der Waals surface area contributed by atoms with Crippen LogP contribution in [0.3, 0.4) is 0 Å². The maximum Gasteiger partial charge on any atom is 0.311 e. The Kier molecular flexibility index (Phi) is 15.4. The van der Waals surface area contributed by atoms with Crippen LogP contribution in [0.4, 0.5) is 0 Å². The zero-order valence-electron chi connectivity index (χ0n) is 34.6. The average molecular weight is 740 g/mol. The van der Waals surface area contributed by atoms with Gasteiger partial charge in [0.1, 0.15) is 11.7 Å². The van der Waals surface area contributed by atoms with Gasteiger partial charge >= 0.3 is 5.97 Å². The number of carbonyl (C=O) groups excluding carboxylic acids is 1. The smallest absolute Gasteiger partial charge is 0.311 e. The summed E-state index contributed by atoms with van der Waals surface area (Å²) in [6.07, 6.45) is -1.60. The van der Waals surface area contributed by atoms with Gasteiger partial charge in [-0.2, -0.15) is 0 Å². The topological polar surface area (TPSA) is 146 Å². The van der Waals surface area contributed by atoms with Crippen molar-refractivity contribution in [2.24, 2.45) is 52.0 Å². The standard InChI is InChI=1S/C41H73NO10/c1-16-18-47-40(14)20-23(4)33(42-46)26(7)35(43)41(15,45)31(17-2)50-37(44)28(9)34(51-32-21-39(12,13)29(10)30(11)49-32)27(8)36(40)52-38-25(6)22(3)19-24(5)48-38/h16,22-32,34-36,38,43,45-46H,1,17-21H2,2-15H3/b42-33+/t22-,23+,24+,25+,26-,27-,28+,29-,30-,31+,32-,34-,35+,36+,38-,40-,41+/m0/s1. The minimum atomic E-state index is -1.87. The van der Waals surface area contributed by atoms with Gasteiger partial charge in [-0.05, 0) is 71.1 Å². The number of aliphatic hydroxyl groups is 2. The number of oxime groups is 1. The minimum absolute atomic E-state index is 0.0270. The quantitative estimate of drug-likeness (QED) is 0.102. The number of aliphatic hydroxyl groups excluding tert-OH is 1. The van der Waals surface area contributed by atoms with E-state index in [4.69, 9.17) is 28.4 Å². The van der Waals surface area contributed by atoms with E-state index in [9.17, 15) is 20.2 Å². The Morgan fingerprint density at radius 3 is 2.13 bits per heavy atom. The molecule has 0 aliphatic carbocycles. The molecule has 3 saturated heterocycles. The SMILES string of the molecule is C=CCO[C@@]1(C)C[C@@H](C)/C(=N\O)[C@H](C)[C@@H](O)[C@](C)(O)[C@@H](CC)OC(=O)[C@H](C)[C@@H](O[C@H]2CC(C)(C)[C@@H](C)[C@H](C)O2)[C@H](C)[C@H]1O[C@@H]1O[C@H](C)C[C@H](C)[C@H]1C. The summed E-state index contributed by atoms with van der Waals surface area (Å²) >= 11 is 0. The van der Waals surface area contributed by atoms with Crippen LogP contribution in [0.15, 0.2) is 17.8 Å². The Morgan fingerprint density at radius 2 is 1.58 bits per heavy atom. The highest BCUT2D eigenvalue weighted by Crippen LogP contribution is 2.45. The summed E-state index contributed by atoms with van der Waals surface area (Å²) in [7, 11) is 0. The van der Waals surface area contributed by atoms with Crippen molar-refractivity contribution < 1.29 is 48.6 Å². The third-order valence-electron chi connectivity index (χ3n) is 13.1. The fourth-order valence-electron chi connectivity index (χ4n) is 9.03. The molecule has 0 aromatic carbocycles. The van der Waals surface area contributed by atoms with Crippen molar-refractivity contribution in [2.75, 3.05) is 6.61 Å². The Bertz CT molecular complexity index is 1210. The van der Waals surface area contributed by atoms with Crippen LogP contribution >= 0.6 is 0 Å². The van der Waals surface area contributed by atoms with Gasteiger partial charge in [0.25, 0.3) is 0 Å². The first-order chi connectivity index (χ1) is 24.1. The molecule has 0 unspecified atom stereocenters. The molecule has 52 heavy (non-hydrogen) atoms. The van der Waals surface area contributed by atoms with E-state index in [-0.39, 0.29) is 48.2 Å². The maximum atomic E-state index is 14.3. The molecule has 3 fully saturated rings. The summed E-state index contributed by atoms with van der Waals surface area (Å²) < 4.78 is 39.9. The second-order valence-electron chi connectivity index (χ2n) is 17.8. The molecule has 3 aliphatic rings. The molecule has 302 valence electrons. The highest BCUT2D eigenvalue weighted by molar-refractivity contribution is 5.88. The van der Waals surface area contributed by atoms with E-state index in [0.717, 1.165) is 6.42 Å².